The maximum Gasteiger partial charge on any atom is 0.327 e. The van der Waals surface area contributed by atoms with Gasteiger partial charge in [0.05, 0.1) is 5.37 Å². The topological polar surface area (TPSA) is 57.6 Å². The van der Waals surface area contributed by atoms with Crippen LogP contribution < -0.4 is 0 Å². The first-order valence-electron chi connectivity index (χ1n) is 6.75. The molecule has 0 spiro atoms. The molecule has 1 aromatic rings. The first-order valence-corrected chi connectivity index (χ1v) is 7.80. The second-order valence-corrected chi connectivity index (χ2v) is 6.70. The van der Waals surface area contributed by atoms with Crippen LogP contribution in [0.25, 0.3) is 0 Å². The second kappa shape index (κ2) is 6.05. The van der Waals surface area contributed by atoms with Crippen molar-refractivity contribution in [3.63, 3.8) is 0 Å². The Hall–Kier alpha value is -1.56. The van der Waals surface area contributed by atoms with Gasteiger partial charge in [-0.2, -0.15) is 0 Å². The normalized spacial score (nSPS) is 21.9. The van der Waals surface area contributed by atoms with Gasteiger partial charge in [-0.05, 0) is 36.6 Å². The van der Waals surface area contributed by atoms with E-state index in [2.05, 4.69) is 0 Å². The molecule has 6 heteroatoms. The van der Waals surface area contributed by atoms with Crippen LogP contribution >= 0.6 is 11.8 Å². The number of thioether (sulfide) groups is 1. The van der Waals surface area contributed by atoms with Crippen molar-refractivity contribution in [2.24, 2.45) is 5.92 Å². The number of carboxylic acids is 1. The molecule has 1 aromatic carbocycles. The minimum atomic E-state index is -1.02. The summed E-state index contributed by atoms with van der Waals surface area (Å²) in [5, 5.41) is 9.10. The predicted octanol–water partition coefficient (Wildman–Crippen LogP) is 2.76. The number of amides is 1. The predicted molar refractivity (Wildman–Crippen MR) is 79.8 cm³/mol. The third kappa shape index (κ3) is 3.20. The van der Waals surface area contributed by atoms with E-state index in [-0.39, 0.29) is 16.9 Å². The fraction of sp³-hybridized carbons (Fsp3) is 0.467. The van der Waals surface area contributed by atoms with Crippen molar-refractivity contribution < 1.29 is 19.1 Å². The van der Waals surface area contributed by atoms with Crippen LogP contribution in [0.4, 0.5) is 4.39 Å². The van der Waals surface area contributed by atoms with E-state index in [1.165, 1.54) is 22.7 Å². The smallest absolute Gasteiger partial charge is 0.327 e. The van der Waals surface area contributed by atoms with Crippen molar-refractivity contribution in [2.75, 3.05) is 5.75 Å². The Morgan fingerprint density at radius 3 is 2.57 bits per heavy atom. The van der Waals surface area contributed by atoms with Gasteiger partial charge in [-0.3, -0.25) is 4.79 Å². The number of carboxylic acid groups (broad SMARTS) is 1. The number of carbonyl (C=O) groups excluding carboxylic acids is 1. The summed E-state index contributed by atoms with van der Waals surface area (Å²) in [6.45, 7) is 5.59. The largest absolute Gasteiger partial charge is 0.480 e. The molecule has 2 atom stereocenters. The summed E-state index contributed by atoms with van der Waals surface area (Å²) in [4.78, 5) is 25.4. The Bertz CT molecular complexity index is 556. The maximum absolute atomic E-state index is 13.5. The van der Waals surface area contributed by atoms with Crippen molar-refractivity contribution in [1.29, 1.82) is 0 Å². The molecular weight excluding hydrogens is 293 g/mol. The minimum absolute atomic E-state index is 0.123. The van der Waals surface area contributed by atoms with Crippen LogP contribution in [-0.4, -0.2) is 39.1 Å². The molecule has 21 heavy (non-hydrogen) atoms. The fourth-order valence-corrected chi connectivity index (χ4v) is 3.97. The highest BCUT2D eigenvalue weighted by Crippen LogP contribution is 2.35. The van der Waals surface area contributed by atoms with Gasteiger partial charge in [0, 0.05) is 11.3 Å². The van der Waals surface area contributed by atoms with Crippen molar-refractivity contribution >= 4 is 23.6 Å². The van der Waals surface area contributed by atoms with Crippen molar-refractivity contribution in [3.8, 4) is 0 Å². The lowest BCUT2D eigenvalue weighted by atomic mass is 10.1. The first kappa shape index (κ1) is 15.8. The molecule has 1 amide bonds. The molecule has 1 N–H and O–H groups in total. The second-order valence-electron chi connectivity index (χ2n) is 5.55. The molecule has 4 nitrogen and oxygen atoms in total. The SMILES string of the molecule is Cc1cc(F)cc(C(=O)N2C(C(=O)O)CSC2C(C)C)c1. The molecule has 0 saturated carbocycles. The Labute approximate surface area is 127 Å². The van der Waals surface area contributed by atoms with Gasteiger partial charge in [-0.1, -0.05) is 13.8 Å². The third-order valence-electron chi connectivity index (χ3n) is 3.41. The summed E-state index contributed by atoms with van der Waals surface area (Å²) in [6, 6.07) is 3.22. The Balaban J connectivity index is 2.38. The van der Waals surface area contributed by atoms with Gasteiger partial charge in [-0.15, -0.1) is 11.8 Å². The molecule has 0 aliphatic carbocycles. The van der Waals surface area contributed by atoms with Gasteiger partial charge in [-0.25, -0.2) is 9.18 Å². The van der Waals surface area contributed by atoms with Gasteiger partial charge in [0.2, 0.25) is 0 Å². The van der Waals surface area contributed by atoms with Gasteiger partial charge in [0.15, 0.2) is 0 Å². The van der Waals surface area contributed by atoms with E-state index >= 15 is 0 Å². The number of nitrogens with zero attached hydrogens (tertiary/aromatic N) is 1. The third-order valence-corrected chi connectivity index (χ3v) is 5.03. The molecule has 1 aliphatic heterocycles. The monoisotopic (exact) mass is 311 g/mol. The number of aliphatic carboxylic acids is 1. The molecule has 114 valence electrons. The molecule has 1 fully saturated rings. The fourth-order valence-electron chi connectivity index (χ4n) is 2.50. The average Bonchev–Trinajstić information content (AvgIpc) is 2.81. The van der Waals surface area contributed by atoms with Gasteiger partial charge in [0.25, 0.3) is 5.91 Å². The summed E-state index contributed by atoms with van der Waals surface area (Å²) < 4.78 is 13.5. The molecule has 0 bridgehead atoms. The number of carbonyl (C=O) groups is 2. The Morgan fingerprint density at radius 1 is 1.38 bits per heavy atom. The lowest BCUT2D eigenvalue weighted by Crippen LogP contribution is -2.47. The average molecular weight is 311 g/mol. The highest BCUT2D eigenvalue weighted by Gasteiger charge is 2.43. The van der Waals surface area contributed by atoms with Crippen LogP contribution in [0.3, 0.4) is 0 Å². The molecule has 1 heterocycles. The molecule has 1 aliphatic rings. The van der Waals surface area contributed by atoms with Crippen LogP contribution in [0.15, 0.2) is 18.2 Å². The highest BCUT2D eigenvalue weighted by atomic mass is 32.2. The highest BCUT2D eigenvalue weighted by molar-refractivity contribution is 8.00. The van der Waals surface area contributed by atoms with E-state index in [1.807, 2.05) is 13.8 Å². The van der Waals surface area contributed by atoms with Crippen LogP contribution in [0, 0.1) is 18.7 Å². The zero-order valence-electron chi connectivity index (χ0n) is 12.2. The summed E-state index contributed by atoms with van der Waals surface area (Å²) >= 11 is 1.46. The van der Waals surface area contributed by atoms with Crippen molar-refractivity contribution in [1.82, 2.24) is 4.90 Å². The van der Waals surface area contributed by atoms with Gasteiger partial charge >= 0.3 is 5.97 Å². The summed E-state index contributed by atoms with van der Waals surface area (Å²) in [6.07, 6.45) is 0. The molecule has 0 radical (unpaired) electrons. The Morgan fingerprint density at radius 2 is 2.05 bits per heavy atom. The van der Waals surface area contributed by atoms with E-state index in [9.17, 15) is 19.1 Å². The minimum Gasteiger partial charge on any atom is -0.480 e. The quantitative estimate of drug-likeness (QED) is 0.932. The number of halogens is 1. The number of hydrogen-bond donors (Lipinski definition) is 1. The number of aryl methyl sites for hydroxylation is 1. The van der Waals surface area contributed by atoms with E-state index in [0.717, 1.165) is 6.07 Å². The van der Waals surface area contributed by atoms with E-state index in [1.54, 1.807) is 13.0 Å². The molecular formula is C15H18FNO3S. The number of hydrogen-bond acceptors (Lipinski definition) is 3. The summed E-state index contributed by atoms with van der Waals surface area (Å²) in [5.74, 6) is -1.45. The van der Waals surface area contributed by atoms with Gasteiger partial charge < -0.3 is 10.0 Å². The molecule has 0 aromatic heterocycles. The summed E-state index contributed by atoms with van der Waals surface area (Å²) in [5.41, 5.74) is 0.838. The lowest BCUT2D eigenvalue weighted by Gasteiger charge is -2.29. The van der Waals surface area contributed by atoms with Crippen LogP contribution in [0.1, 0.15) is 29.8 Å². The standard InChI is InChI=1S/C15H18FNO3S/c1-8(2)14-17(12(7-21-14)15(19)20)13(18)10-4-9(3)5-11(16)6-10/h4-6,8,12,14H,7H2,1-3H3,(H,19,20). The molecule has 2 rings (SSSR count). The number of benzene rings is 1. The molecule has 1 saturated heterocycles. The first-order chi connectivity index (χ1) is 9.81. The van der Waals surface area contributed by atoms with E-state index < -0.39 is 23.7 Å². The van der Waals surface area contributed by atoms with Crippen molar-refractivity contribution in [2.45, 2.75) is 32.2 Å². The zero-order chi connectivity index (χ0) is 15.7. The van der Waals surface area contributed by atoms with Crippen LogP contribution in [-0.2, 0) is 4.79 Å². The van der Waals surface area contributed by atoms with E-state index in [0.29, 0.717) is 11.3 Å². The Kier molecular flexibility index (Phi) is 4.56. The zero-order valence-corrected chi connectivity index (χ0v) is 13.0. The maximum atomic E-state index is 13.5. The van der Waals surface area contributed by atoms with Crippen LogP contribution in [0.5, 0.6) is 0 Å². The van der Waals surface area contributed by atoms with Gasteiger partial charge in [0.1, 0.15) is 11.9 Å². The molecule has 2 unspecified atom stereocenters. The summed E-state index contributed by atoms with van der Waals surface area (Å²) in [7, 11) is 0. The van der Waals surface area contributed by atoms with Crippen molar-refractivity contribution in [3.05, 3.63) is 35.1 Å². The van der Waals surface area contributed by atoms with Crippen LogP contribution in [0.2, 0.25) is 0 Å². The lowest BCUT2D eigenvalue weighted by molar-refractivity contribution is -0.141. The number of rotatable bonds is 3. The van der Waals surface area contributed by atoms with E-state index in [4.69, 9.17) is 0 Å².